The molecule has 3 unspecified atom stereocenters. The summed E-state index contributed by atoms with van der Waals surface area (Å²) in [5.74, 6) is 0.101. The zero-order valence-electron chi connectivity index (χ0n) is 18.6. The number of amides is 2. The number of carbonyl (C=O) groups excluding carboxylic acids is 3. The number of benzene rings is 2. The number of anilines is 1. The second-order valence-electron chi connectivity index (χ2n) is 9.26. The van der Waals surface area contributed by atoms with E-state index in [0.717, 1.165) is 24.8 Å². The first-order valence-electron chi connectivity index (χ1n) is 11.1. The number of imide groups is 1. The Labute approximate surface area is 183 Å². The van der Waals surface area contributed by atoms with Crippen LogP contribution in [-0.4, -0.2) is 23.9 Å². The number of carbonyl (C=O) groups is 3. The number of fused-ring (bicyclic) bond motifs is 1. The highest BCUT2D eigenvalue weighted by atomic mass is 16.5. The quantitative estimate of drug-likeness (QED) is 0.491. The van der Waals surface area contributed by atoms with E-state index in [1.165, 1.54) is 11.0 Å². The average Bonchev–Trinajstić information content (AvgIpc) is 2.98. The van der Waals surface area contributed by atoms with Crippen molar-refractivity contribution >= 4 is 23.5 Å². The molecule has 1 fully saturated rings. The van der Waals surface area contributed by atoms with Crippen molar-refractivity contribution in [1.82, 2.24) is 0 Å². The fourth-order valence-electron chi connectivity index (χ4n) is 4.86. The Hall–Kier alpha value is -2.95. The van der Waals surface area contributed by atoms with E-state index >= 15 is 0 Å². The Kier molecular flexibility index (Phi) is 5.69. The van der Waals surface area contributed by atoms with Crippen LogP contribution in [0.25, 0.3) is 0 Å². The first-order valence-corrected chi connectivity index (χ1v) is 11.1. The molecule has 4 rings (SSSR count). The molecule has 2 amide bonds. The zero-order valence-corrected chi connectivity index (χ0v) is 18.6. The summed E-state index contributed by atoms with van der Waals surface area (Å²) in [4.78, 5) is 40.1. The Bertz CT molecular complexity index is 1040. The predicted molar refractivity (Wildman–Crippen MR) is 119 cm³/mol. The van der Waals surface area contributed by atoms with Crippen molar-refractivity contribution in [3.8, 4) is 0 Å². The lowest BCUT2D eigenvalue weighted by molar-refractivity contribution is -0.0174. The van der Waals surface area contributed by atoms with Crippen LogP contribution in [0.15, 0.2) is 42.5 Å². The molecule has 1 aliphatic carbocycles. The lowest BCUT2D eigenvalue weighted by Gasteiger charge is -2.36. The number of aryl methyl sites for hydroxylation is 1. The molecule has 2 aromatic carbocycles. The molecule has 0 aromatic heterocycles. The molecule has 2 aromatic rings. The molecule has 5 heteroatoms. The third-order valence-corrected chi connectivity index (χ3v) is 6.70. The van der Waals surface area contributed by atoms with Gasteiger partial charge in [-0.1, -0.05) is 45.4 Å². The number of hydrogen-bond donors (Lipinski definition) is 0. The normalized spacial score (nSPS) is 23.3. The summed E-state index contributed by atoms with van der Waals surface area (Å²) in [6.45, 7) is 8.39. The van der Waals surface area contributed by atoms with Gasteiger partial charge in [-0.25, -0.2) is 9.69 Å². The van der Waals surface area contributed by atoms with Crippen LogP contribution in [0.3, 0.4) is 0 Å². The highest BCUT2D eigenvalue weighted by molar-refractivity contribution is 6.34. The number of nitrogens with zero attached hydrogens (tertiary/aromatic N) is 1. The van der Waals surface area contributed by atoms with E-state index in [9.17, 15) is 14.4 Å². The highest BCUT2D eigenvalue weighted by Crippen LogP contribution is 2.36. The maximum atomic E-state index is 13.1. The summed E-state index contributed by atoms with van der Waals surface area (Å²) >= 11 is 0. The largest absolute Gasteiger partial charge is 0.458 e. The number of para-hydroxylation sites is 1. The minimum Gasteiger partial charge on any atom is -0.458 e. The minimum atomic E-state index is -0.429. The van der Waals surface area contributed by atoms with Gasteiger partial charge in [0, 0.05) is 0 Å². The van der Waals surface area contributed by atoms with Crippen LogP contribution in [0, 0.1) is 24.7 Å². The average molecular weight is 420 g/mol. The van der Waals surface area contributed by atoms with Crippen molar-refractivity contribution in [3.63, 3.8) is 0 Å². The van der Waals surface area contributed by atoms with Crippen molar-refractivity contribution in [2.24, 2.45) is 17.8 Å². The van der Waals surface area contributed by atoms with Crippen molar-refractivity contribution < 1.29 is 19.1 Å². The molecule has 0 bridgehead atoms. The number of hydrogen-bond acceptors (Lipinski definition) is 4. The van der Waals surface area contributed by atoms with E-state index in [4.69, 9.17) is 4.74 Å². The van der Waals surface area contributed by atoms with Gasteiger partial charge in [0.2, 0.25) is 0 Å². The van der Waals surface area contributed by atoms with E-state index in [0.29, 0.717) is 34.6 Å². The molecule has 5 nitrogen and oxygen atoms in total. The summed E-state index contributed by atoms with van der Waals surface area (Å²) in [6.07, 6.45) is 2.95. The maximum Gasteiger partial charge on any atom is 0.338 e. The van der Waals surface area contributed by atoms with Gasteiger partial charge in [-0.15, -0.1) is 0 Å². The Morgan fingerprint density at radius 2 is 1.74 bits per heavy atom. The van der Waals surface area contributed by atoms with Gasteiger partial charge in [-0.05, 0) is 67.3 Å². The van der Waals surface area contributed by atoms with Crippen LogP contribution in [0.1, 0.15) is 76.7 Å². The van der Waals surface area contributed by atoms with Crippen LogP contribution >= 0.6 is 0 Å². The fourth-order valence-corrected chi connectivity index (χ4v) is 4.86. The van der Waals surface area contributed by atoms with E-state index in [1.54, 1.807) is 24.3 Å². The van der Waals surface area contributed by atoms with Gasteiger partial charge in [0.1, 0.15) is 6.10 Å². The third kappa shape index (κ3) is 3.89. The molecule has 3 atom stereocenters. The van der Waals surface area contributed by atoms with E-state index < -0.39 is 11.9 Å². The van der Waals surface area contributed by atoms with Gasteiger partial charge < -0.3 is 4.74 Å². The Balaban J connectivity index is 1.58. The Morgan fingerprint density at radius 3 is 2.45 bits per heavy atom. The van der Waals surface area contributed by atoms with Crippen LogP contribution in [-0.2, 0) is 4.74 Å². The van der Waals surface area contributed by atoms with Gasteiger partial charge in [0.15, 0.2) is 0 Å². The molecule has 0 spiro atoms. The van der Waals surface area contributed by atoms with Crippen LogP contribution < -0.4 is 4.90 Å². The number of rotatable bonds is 4. The molecule has 0 radical (unpaired) electrons. The second kappa shape index (κ2) is 8.29. The summed E-state index contributed by atoms with van der Waals surface area (Å²) in [7, 11) is 0. The molecular formula is C26H29NO4. The summed E-state index contributed by atoms with van der Waals surface area (Å²) in [5, 5.41) is 0. The maximum absolute atomic E-state index is 13.1. The van der Waals surface area contributed by atoms with Crippen molar-refractivity contribution in [2.45, 2.75) is 53.1 Å². The van der Waals surface area contributed by atoms with Gasteiger partial charge in [-0.3, -0.25) is 9.59 Å². The third-order valence-electron chi connectivity index (χ3n) is 6.70. The monoisotopic (exact) mass is 419 g/mol. The summed E-state index contributed by atoms with van der Waals surface area (Å²) < 4.78 is 5.93. The lowest BCUT2D eigenvalue weighted by atomic mass is 9.75. The zero-order chi connectivity index (χ0) is 22.3. The molecule has 0 saturated heterocycles. The van der Waals surface area contributed by atoms with Crippen molar-refractivity contribution in [3.05, 3.63) is 64.7 Å². The number of ether oxygens (including phenoxy) is 1. The standard InChI is InChI=1S/C26H29NO4/c1-15(2)19-11-9-16(3)13-23(19)31-26(30)18-10-12-20-21(14-18)25(29)27(24(20)28)22-8-6-5-7-17(22)4/h5-8,10,12,14-16,19,23H,9,11,13H2,1-4H3. The SMILES string of the molecule is Cc1ccccc1N1C(=O)c2ccc(C(=O)OC3CC(C)CCC3C(C)C)cc2C1=O. The predicted octanol–water partition coefficient (Wildman–Crippen LogP) is 5.41. The molecule has 1 heterocycles. The first-order chi connectivity index (χ1) is 14.8. The van der Waals surface area contributed by atoms with Gasteiger partial charge >= 0.3 is 5.97 Å². The minimum absolute atomic E-state index is 0.120. The van der Waals surface area contributed by atoms with Gasteiger partial charge in [-0.2, -0.15) is 0 Å². The fraction of sp³-hybridized carbons (Fsp3) is 0.423. The molecule has 162 valence electrons. The molecule has 0 N–H and O–H groups in total. The van der Waals surface area contributed by atoms with E-state index in [1.807, 2.05) is 19.1 Å². The van der Waals surface area contributed by atoms with Crippen molar-refractivity contribution in [1.29, 1.82) is 0 Å². The van der Waals surface area contributed by atoms with Crippen LogP contribution in [0.4, 0.5) is 5.69 Å². The topological polar surface area (TPSA) is 63.7 Å². The van der Waals surface area contributed by atoms with Gasteiger partial charge in [0.05, 0.1) is 22.4 Å². The highest BCUT2D eigenvalue weighted by Gasteiger charge is 2.38. The van der Waals surface area contributed by atoms with Crippen molar-refractivity contribution in [2.75, 3.05) is 4.90 Å². The Morgan fingerprint density at radius 1 is 1.03 bits per heavy atom. The molecular weight excluding hydrogens is 390 g/mol. The lowest BCUT2D eigenvalue weighted by Crippen LogP contribution is -2.35. The number of esters is 1. The summed E-state index contributed by atoms with van der Waals surface area (Å²) in [5.41, 5.74) is 2.28. The van der Waals surface area contributed by atoms with Gasteiger partial charge in [0.25, 0.3) is 11.8 Å². The van der Waals surface area contributed by atoms with E-state index in [2.05, 4.69) is 20.8 Å². The van der Waals surface area contributed by atoms with E-state index in [-0.39, 0.29) is 17.6 Å². The molecule has 1 saturated carbocycles. The molecule has 1 aliphatic heterocycles. The molecule has 31 heavy (non-hydrogen) atoms. The summed E-state index contributed by atoms with van der Waals surface area (Å²) in [6, 6.07) is 11.9. The first kappa shape index (κ1) is 21.3. The van der Waals surface area contributed by atoms with Crippen LogP contribution in [0.2, 0.25) is 0 Å². The molecule has 2 aliphatic rings. The van der Waals surface area contributed by atoms with Crippen LogP contribution in [0.5, 0.6) is 0 Å². The smallest absolute Gasteiger partial charge is 0.338 e. The second-order valence-corrected chi connectivity index (χ2v) is 9.26.